The van der Waals surface area contributed by atoms with Gasteiger partial charge in [0.05, 0.1) is 6.07 Å². The minimum absolute atomic E-state index is 0.293. The molecule has 1 atom stereocenters. The Hall–Kier alpha value is -1.53. The van der Waals surface area contributed by atoms with Crippen molar-refractivity contribution < 1.29 is 4.79 Å². The number of ketones is 1. The Morgan fingerprint density at radius 2 is 1.76 bits per heavy atom. The van der Waals surface area contributed by atoms with Crippen molar-refractivity contribution in [2.45, 2.75) is 12.8 Å². The van der Waals surface area contributed by atoms with Gasteiger partial charge in [0.1, 0.15) is 5.92 Å². The van der Waals surface area contributed by atoms with Gasteiger partial charge in [-0.05, 0) is 42.8 Å². The van der Waals surface area contributed by atoms with Crippen molar-refractivity contribution in [3.63, 3.8) is 0 Å². The highest BCUT2D eigenvalue weighted by Crippen LogP contribution is 2.33. The van der Waals surface area contributed by atoms with E-state index in [2.05, 4.69) is 0 Å². The van der Waals surface area contributed by atoms with Crippen LogP contribution >= 0.6 is 34.8 Å². The van der Waals surface area contributed by atoms with Gasteiger partial charge < -0.3 is 0 Å². The SMILES string of the molecule is Cc1cc(Cl)cc(C(=O)C(C#N)c2c(Cl)cccc2Cl)c1. The molecule has 1 unspecified atom stereocenters. The fourth-order valence-corrected chi connectivity index (χ4v) is 2.99. The number of hydrogen-bond donors (Lipinski definition) is 0. The second-order valence-electron chi connectivity index (χ2n) is 4.58. The van der Waals surface area contributed by atoms with Gasteiger partial charge in [0.25, 0.3) is 0 Å². The van der Waals surface area contributed by atoms with E-state index in [1.54, 1.807) is 30.3 Å². The predicted octanol–water partition coefficient (Wildman–Crippen LogP) is 5.45. The van der Waals surface area contributed by atoms with Gasteiger partial charge in [-0.3, -0.25) is 4.79 Å². The Balaban J connectivity index is 2.52. The molecular weight excluding hydrogens is 329 g/mol. The van der Waals surface area contributed by atoms with Crippen molar-refractivity contribution in [1.82, 2.24) is 0 Å². The zero-order valence-electron chi connectivity index (χ0n) is 11.0. The van der Waals surface area contributed by atoms with Crippen molar-refractivity contribution in [3.05, 3.63) is 68.2 Å². The molecule has 0 saturated carbocycles. The smallest absolute Gasteiger partial charge is 0.184 e. The molecule has 0 saturated heterocycles. The van der Waals surface area contributed by atoms with E-state index in [-0.39, 0.29) is 5.78 Å². The molecule has 0 fully saturated rings. The summed E-state index contributed by atoms with van der Waals surface area (Å²) in [6.07, 6.45) is 0. The van der Waals surface area contributed by atoms with E-state index in [0.717, 1.165) is 5.56 Å². The molecule has 0 aliphatic carbocycles. The van der Waals surface area contributed by atoms with Crippen LogP contribution < -0.4 is 0 Å². The molecule has 106 valence electrons. The monoisotopic (exact) mass is 337 g/mol. The van der Waals surface area contributed by atoms with Crippen molar-refractivity contribution in [1.29, 1.82) is 5.26 Å². The van der Waals surface area contributed by atoms with E-state index in [9.17, 15) is 10.1 Å². The summed E-state index contributed by atoms with van der Waals surface area (Å²) in [6, 6.07) is 11.8. The predicted molar refractivity (Wildman–Crippen MR) is 85.3 cm³/mol. The van der Waals surface area contributed by atoms with Crippen LogP contribution in [-0.2, 0) is 0 Å². The standard InChI is InChI=1S/C16H10Cl3NO/c1-9-5-10(7-11(17)6-9)16(21)12(8-20)15-13(18)3-2-4-14(15)19/h2-7,12H,1H3. The van der Waals surface area contributed by atoms with Crippen LogP contribution in [0.1, 0.15) is 27.4 Å². The average molecular weight is 339 g/mol. The topological polar surface area (TPSA) is 40.9 Å². The van der Waals surface area contributed by atoms with E-state index >= 15 is 0 Å². The summed E-state index contributed by atoms with van der Waals surface area (Å²) in [5.41, 5.74) is 1.53. The highest BCUT2D eigenvalue weighted by atomic mass is 35.5. The van der Waals surface area contributed by atoms with Crippen LogP contribution in [0, 0.1) is 18.3 Å². The molecule has 0 N–H and O–H groups in total. The van der Waals surface area contributed by atoms with Crippen LogP contribution in [0.2, 0.25) is 15.1 Å². The molecular formula is C16H10Cl3NO. The normalized spacial score (nSPS) is 11.8. The number of benzene rings is 2. The van der Waals surface area contributed by atoms with Crippen LogP contribution in [0.4, 0.5) is 0 Å². The van der Waals surface area contributed by atoms with Crippen molar-refractivity contribution in [3.8, 4) is 6.07 Å². The molecule has 0 amide bonds. The largest absolute Gasteiger partial charge is 0.292 e. The molecule has 0 aliphatic heterocycles. The highest BCUT2D eigenvalue weighted by molar-refractivity contribution is 6.36. The molecule has 0 spiro atoms. The third kappa shape index (κ3) is 3.39. The molecule has 0 radical (unpaired) electrons. The lowest BCUT2D eigenvalue weighted by molar-refractivity contribution is 0.0979. The molecule has 2 nitrogen and oxygen atoms in total. The maximum Gasteiger partial charge on any atom is 0.184 e. The quantitative estimate of drug-likeness (QED) is 0.699. The minimum Gasteiger partial charge on any atom is -0.292 e. The minimum atomic E-state index is -1.07. The first-order valence-corrected chi connectivity index (χ1v) is 7.22. The average Bonchev–Trinajstić information content (AvgIpc) is 2.41. The second-order valence-corrected chi connectivity index (χ2v) is 5.83. The number of nitriles is 1. The second kappa shape index (κ2) is 6.49. The van der Waals surface area contributed by atoms with Crippen molar-refractivity contribution in [2.75, 3.05) is 0 Å². The number of aryl methyl sites for hydroxylation is 1. The Labute approximate surface area is 137 Å². The first-order valence-electron chi connectivity index (χ1n) is 6.09. The van der Waals surface area contributed by atoms with Gasteiger partial charge in [0.15, 0.2) is 5.78 Å². The van der Waals surface area contributed by atoms with E-state index in [4.69, 9.17) is 34.8 Å². The first-order chi connectivity index (χ1) is 9.93. The van der Waals surface area contributed by atoms with Crippen molar-refractivity contribution in [2.24, 2.45) is 0 Å². The lowest BCUT2D eigenvalue weighted by atomic mass is 9.91. The number of nitrogens with zero attached hydrogens (tertiary/aromatic N) is 1. The zero-order chi connectivity index (χ0) is 15.6. The number of halogens is 3. The summed E-state index contributed by atoms with van der Waals surface area (Å²) in [5.74, 6) is -1.44. The lowest BCUT2D eigenvalue weighted by Crippen LogP contribution is -2.12. The van der Waals surface area contributed by atoms with Gasteiger partial charge in [0, 0.05) is 26.2 Å². The number of hydrogen-bond acceptors (Lipinski definition) is 2. The number of carbonyl (C=O) groups excluding carboxylic acids is 1. The summed E-state index contributed by atoms with van der Waals surface area (Å²) < 4.78 is 0. The van der Waals surface area contributed by atoms with E-state index < -0.39 is 5.92 Å². The van der Waals surface area contributed by atoms with E-state index in [1.165, 1.54) is 6.07 Å². The third-order valence-corrected chi connectivity index (χ3v) is 3.88. The Bertz CT molecular complexity index is 709. The molecule has 0 bridgehead atoms. The fourth-order valence-electron chi connectivity index (χ4n) is 2.09. The summed E-state index contributed by atoms with van der Waals surface area (Å²) >= 11 is 18.1. The maximum atomic E-state index is 12.6. The van der Waals surface area contributed by atoms with Gasteiger partial charge in [-0.2, -0.15) is 5.26 Å². The summed E-state index contributed by atoms with van der Waals surface area (Å²) in [6.45, 7) is 1.83. The third-order valence-electron chi connectivity index (χ3n) is 3.01. The van der Waals surface area contributed by atoms with Gasteiger partial charge >= 0.3 is 0 Å². The molecule has 0 aromatic heterocycles. The van der Waals surface area contributed by atoms with Crippen LogP contribution in [0.25, 0.3) is 0 Å². The zero-order valence-corrected chi connectivity index (χ0v) is 13.3. The summed E-state index contributed by atoms with van der Waals surface area (Å²) in [4.78, 5) is 12.6. The Morgan fingerprint density at radius 3 is 2.29 bits per heavy atom. The van der Waals surface area contributed by atoms with Gasteiger partial charge in [0.2, 0.25) is 0 Å². The molecule has 2 aromatic rings. The van der Waals surface area contributed by atoms with Crippen LogP contribution in [0.5, 0.6) is 0 Å². The van der Waals surface area contributed by atoms with E-state index in [1.807, 2.05) is 13.0 Å². The Morgan fingerprint density at radius 1 is 1.14 bits per heavy atom. The lowest BCUT2D eigenvalue weighted by Gasteiger charge is -2.13. The van der Waals surface area contributed by atoms with E-state index in [0.29, 0.717) is 26.2 Å². The number of rotatable bonds is 3. The van der Waals surface area contributed by atoms with Crippen LogP contribution in [0.3, 0.4) is 0 Å². The van der Waals surface area contributed by atoms with Gasteiger partial charge in [-0.1, -0.05) is 40.9 Å². The molecule has 2 rings (SSSR count). The highest BCUT2D eigenvalue weighted by Gasteiger charge is 2.26. The fraction of sp³-hybridized carbons (Fsp3) is 0.125. The van der Waals surface area contributed by atoms with Crippen molar-refractivity contribution >= 4 is 40.6 Å². The van der Waals surface area contributed by atoms with Crippen LogP contribution in [0.15, 0.2) is 36.4 Å². The Kier molecular flexibility index (Phi) is 4.90. The molecule has 0 aliphatic rings. The summed E-state index contributed by atoms with van der Waals surface area (Å²) in [7, 11) is 0. The first kappa shape index (κ1) is 15.9. The maximum absolute atomic E-state index is 12.6. The van der Waals surface area contributed by atoms with Gasteiger partial charge in [-0.15, -0.1) is 0 Å². The van der Waals surface area contributed by atoms with Gasteiger partial charge in [-0.25, -0.2) is 0 Å². The number of Topliss-reactive ketones (excluding diaryl/α,β-unsaturated/α-hetero) is 1. The van der Waals surface area contributed by atoms with Crippen LogP contribution in [-0.4, -0.2) is 5.78 Å². The molecule has 2 aromatic carbocycles. The molecule has 0 heterocycles. The molecule has 5 heteroatoms. The number of carbonyl (C=O) groups is 1. The molecule has 21 heavy (non-hydrogen) atoms. The summed E-state index contributed by atoms with van der Waals surface area (Å²) in [5, 5.41) is 10.4.